The predicted octanol–water partition coefficient (Wildman–Crippen LogP) is 26.5. The summed E-state index contributed by atoms with van der Waals surface area (Å²) < 4.78 is 68.8. The number of unbranched alkanes of at least 4 members (excludes halogenated alkanes) is 52. The summed E-state index contributed by atoms with van der Waals surface area (Å²) >= 11 is 0. The van der Waals surface area contributed by atoms with Gasteiger partial charge in [0.15, 0.2) is 12.2 Å². The summed E-state index contributed by atoms with van der Waals surface area (Å²) in [6.45, 7) is 12.0. The van der Waals surface area contributed by atoms with Gasteiger partial charge in [-0.3, -0.25) is 37.3 Å². The molecule has 0 saturated carbocycles. The van der Waals surface area contributed by atoms with Crippen LogP contribution in [0.1, 0.15) is 459 Å². The van der Waals surface area contributed by atoms with E-state index in [4.69, 9.17) is 37.0 Å². The minimum Gasteiger partial charge on any atom is -0.462 e. The van der Waals surface area contributed by atoms with Gasteiger partial charge in [-0.2, -0.15) is 0 Å². The van der Waals surface area contributed by atoms with Crippen LogP contribution in [-0.4, -0.2) is 96.7 Å². The molecule has 6 atom stereocenters. The highest BCUT2D eigenvalue weighted by molar-refractivity contribution is 7.47. The highest BCUT2D eigenvalue weighted by Gasteiger charge is 2.31. The van der Waals surface area contributed by atoms with Crippen LogP contribution in [0.5, 0.6) is 0 Å². The Labute approximate surface area is 651 Å². The molecule has 0 aromatic heterocycles. The summed E-state index contributed by atoms with van der Waals surface area (Å²) in [5.74, 6) is 0.208. The molecular weight excluding hydrogens is 1380 g/mol. The van der Waals surface area contributed by atoms with Gasteiger partial charge in [-0.15, -0.1) is 0 Å². The average molecular weight is 1550 g/mol. The molecule has 3 unspecified atom stereocenters. The molecule has 0 aliphatic rings. The number of carbonyl (C=O) groups excluding carboxylic acids is 4. The Morgan fingerprint density at radius 3 is 0.717 bits per heavy atom. The minimum atomic E-state index is -4.97. The SMILES string of the molecule is CCCCCCCCCCCCCCCCCCCCCCCC(=O)OC[C@H](COP(=O)(O)OC[C@@H](O)COP(=O)(O)OC[C@@H](COC(=O)CCCCCCCCC(C)C)OC(=O)CCCCCCCCCCCCCC(C)C)OC(=O)CCCCCCCCCCCCCCCCCCCCC(C)CC. The van der Waals surface area contributed by atoms with Crippen LogP contribution in [0.3, 0.4) is 0 Å². The van der Waals surface area contributed by atoms with Crippen molar-refractivity contribution in [2.75, 3.05) is 39.6 Å². The number of esters is 4. The Balaban J connectivity index is 5.19. The normalized spacial score (nSPS) is 14.1. The second-order valence-electron chi connectivity index (χ2n) is 32.5. The van der Waals surface area contributed by atoms with E-state index >= 15 is 0 Å². The fourth-order valence-electron chi connectivity index (χ4n) is 13.5. The van der Waals surface area contributed by atoms with E-state index in [0.717, 1.165) is 108 Å². The number of rotatable bonds is 85. The third-order valence-corrected chi connectivity index (χ3v) is 22.6. The van der Waals surface area contributed by atoms with E-state index in [0.29, 0.717) is 31.6 Å². The molecule has 0 aliphatic carbocycles. The first kappa shape index (κ1) is 104. The molecule has 0 saturated heterocycles. The molecule has 630 valence electrons. The largest absolute Gasteiger partial charge is 0.472 e. The lowest BCUT2D eigenvalue weighted by molar-refractivity contribution is -0.161. The van der Waals surface area contributed by atoms with Gasteiger partial charge in [-0.1, -0.05) is 408 Å². The van der Waals surface area contributed by atoms with E-state index in [1.807, 2.05) is 0 Å². The van der Waals surface area contributed by atoms with Gasteiger partial charge in [-0.25, -0.2) is 9.13 Å². The van der Waals surface area contributed by atoms with Crippen LogP contribution in [0.25, 0.3) is 0 Å². The topological polar surface area (TPSA) is 237 Å². The molecule has 0 aliphatic heterocycles. The molecular formula is C87H170O17P2. The molecule has 0 aromatic rings. The van der Waals surface area contributed by atoms with Gasteiger partial charge in [0.2, 0.25) is 0 Å². The van der Waals surface area contributed by atoms with Crippen molar-refractivity contribution in [2.24, 2.45) is 17.8 Å². The highest BCUT2D eigenvalue weighted by Crippen LogP contribution is 2.45. The van der Waals surface area contributed by atoms with E-state index in [1.54, 1.807) is 0 Å². The fraction of sp³-hybridized carbons (Fsp3) is 0.954. The standard InChI is InChI=1S/C87H170O17P2/c1-8-10-11-12-13-14-15-16-17-18-19-20-21-25-28-31-36-41-46-54-61-68-84(89)97-74-82(103-86(91)70-63-56-47-42-37-32-29-26-23-22-24-27-30-35-40-45-53-60-67-80(7)9-2)76-101-105(93,94)99-72-81(88)73-100-106(95,96)102-77-83(75-98-85(90)69-62-55-50-49-52-59-66-79(5)6)104-87(92)71-64-57-48-43-38-33-34-39-44-51-58-65-78(3)4/h78-83,88H,8-77H2,1-7H3,(H,93,94)(H,95,96)/t80?,81-,82-,83-/m1/s1. The fourth-order valence-corrected chi connectivity index (χ4v) is 15.1. The molecule has 0 aromatic carbocycles. The maximum Gasteiger partial charge on any atom is 0.472 e. The number of carbonyl (C=O) groups is 4. The minimum absolute atomic E-state index is 0.106. The van der Waals surface area contributed by atoms with Crippen LogP contribution >= 0.6 is 15.6 Å². The van der Waals surface area contributed by atoms with E-state index in [2.05, 4.69) is 48.5 Å². The van der Waals surface area contributed by atoms with Crippen LogP contribution in [0, 0.1) is 17.8 Å². The Morgan fingerprint density at radius 1 is 0.274 bits per heavy atom. The van der Waals surface area contributed by atoms with Crippen molar-refractivity contribution in [3.05, 3.63) is 0 Å². The molecule has 0 spiro atoms. The van der Waals surface area contributed by atoms with Crippen molar-refractivity contribution >= 4 is 39.5 Å². The van der Waals surface area contributed by atoms with Gasteiger partial charge in [0.25, 0.3) is 0 Å². The van der Waals surface area contributed by atoms with Crippen molar-refractivity contribution < 1.29 is 80.2 Å². The second-order valence-corrected chi connectivity index (χ2v) is 35.4. The van der Waals surface area contributed by atoms with Crippen LogP contribution in [0.4, 0.5) is 0 Å². The quantitative estimate of drug-likeness (QED) is 0.0222. The molecule has 106 heavy (non-hydrogen) atoms. The molecule has 17 nitrogen and oxygen atoms in total. The lowest BCUT2D eigenvalue weighted by Gasteiger charge is -2.21. The first-order chi connectivity index (χ1) is 51.3. The van der Waals surface area contributed by atoms with Crippen molar-refractivity contribution in [3.8, 4) is 0 Å². The van der Waals surface area contributed by atoms with E-state index < -0.39 is 97.5 Å². The number of phosphoric ester groups is 2. The van der Waals surface area contributed by atoms with Crippen LogP contribution in [0.2, 0.25) is 0 Å². The zero-order chi connectivity index (χ0) is 77.9. The Kier molecular flexibility index (Phi) is 75.6. The number of hydrogen-bond acceptors (Lipinski definition) is 15. The number of aliphatic hydroxyl groups excluding tert-OH is 1. The van der Waals surface area contributed by atoms with Crippen molar-refractivity contribution in [1.29, 1.82) is 0 Å². The monoisotopic (exact) mass is 1550 g/mol. The summed E-state index contributed by atoms with van der Waals surface area (Å²) in [7, 11) is -9.93. The number of aliphatic hydroxyl groups is 1. The summed E-state index contributed by atoms with van der Waals surface area (Å²) in [4.78, 5) is 73.2. The maximum absolute atomic E-state index is 13.2. The molecule has 19 heteroatoms. The number of phosphoric acid groups is 2. The van der Waals surface area contributed by atoms with Crippen molar-refractivity contribution in [1.82, 2.24) is 0 Å². The summed E-state index contributed by atoms with van der Waals surface area (Å²) in [5, 5.41) is 10.7. The highest BCUT2D eigenvalue weighted by atomic mass is 31.2. The molecule has 0 fully saturated rings. The predicted molar refractivity (Wildman–Crippen MR) is 437 cm³/mol. The van der Waals surface area contributed by atoms with E-state index in [1.165, 1.54) is 263 Å². The first-order valence-corrected chi connectivity index (χ1v) is 47.9. The van der Waals surface area contributed by atoms with E-state index in [9.17, 15) is 43.2 Å². The molecule has 0 bridgehead atoms. The summed E-state index contributed by atoms with van der Waals surface area (Å²) in [5.41, 5.74) is 0. The molecule has 0 heterocycles. The third kappa shape index (κ3) is 78.7. The summed E-state index contributed by atoms with van der Waals surface area (Å²) in [6, 6.07) is 0. The second kappa shape index (κ2) is 77.0. The lowest BCUT2D eigenvalue weighted by atomic mass is 9.99. The van der Waals surface area contributed by atoms with E-state index in [-0.39, 0.29) is 25.7 Å². The maximum atomic E-state index is 13.2. The van der Waals surface area contributed by atoms with Crippen LogP contribution in [-0.2, 0) is 65.4 Å². The van der Waals surface area contributed by atoms with Gasteiger partial charge >= 0.3 is 39.5 Å². The number of hydrogen-bond donors (Lipinski definition) is 3. The zero-order valence-electron chi connectivity index (χ0n) is 69.9. The molecule has 0 radical (unpaired) electrons. The first-order valence-electron chi connectivity index (χ1n) is 44.9. The van der Waals surface area contributed by atoms with Gasteiger partial charge in [-0.05, 0) is 43.4 Å². The number of ether oxygens (including phenoxy) is 4. The zero-order valence-corrected chi connectivity index (χ0v) is 71.7. The lowest BCUT2D eigenvalue weighted by Crippen LogP contribution is -2.30. The Bertz CT molecular complexity index is 2050. The Morgan fingerprint density at radius 2 is 0.481 bits per heavy atom. The third-order valence-electron chi connectivity index (χ3n) is 20.7. The Hall–Kier alpha value is -1.94. The van der Waals surface area contributed by atoms with Gasteiger partial charge in [0, 0.05) is 25.7 Å². The van der Waals surface area contributed by atoms with Gasteiger partial charge in [0.05, 0.1) is 26.4 Å². The van der Waals surface area contributed by atoms with Crippen molar-refractivity contribution in [3.63, 3.8) is 0 Å². The smallest absolute Gasteiger partial charge is 0.462 e. The molecule has 0 amide bonds. The molecule has 3 N–H and O–H groups in total. The van der Waals surface area contributed by atoms with Crippen molar-refractivity contribution in [2.45, 2.75) is 478 Å². The average Bonchev–Trinajstić information content (AvgIpc) is 0.903. The van der Waals surface area contributed by atoms with Gasteiger partial charge < -0.3 is 33.8 Å². The summed E-state index contributed by atoms with van der Waals surface area (Å²) in [6.07, 6.45) is 68.4. The van der Waals surface area contributed by atoms with Crippen LogP contribution in [0.15, 0.2) is 0 Å². The van der Waals surface area contributed by atoms with Crippen LogP contribution < -0.4 is 0 Å². The molecule has 0 rings (SSSR count). The van der Waals surface area contributed by atoms with Gasteiger partial charge in [0.1, 0.15) is 19.3 Å².